The van der Waals surface area contributed by atoms with Gasteiger partial charge in [-0.25, -0.2) is 4.98 Å². The fourth-order valence-corrected chi connectivity index (χ4v) is 2.43. The lowest BCUT2D eigenvalue weighted by Crippen LogP contribution is -2.33. The minimum atomic E-state index is -0.553. The smallest absolute Gasteiger partial charge is 0.289 e. The molecule has 1 N–H and O–H groups in total. The van der Waals surface area contributed by atoms with Crippen LogP contribution in [0.4, 0.5) is 11.5 Å². The number of aliphatic hydroxyl groups excluding tert-OH is 1. The van der Waals surface area contributed by atoms with Crippen molar-refractivity contribution in [3.05, 3.63) is 27.9 Å². The second kappa shape index (κ2) is 6.97. The number of nitrogens with zero attached hydrogens (tertiary/aromatic N) is 5. The number of anilines is 1. The lowest BCUT2D eigenvalue weighted by Gasteiger charge is -2.22. The Hall–Kier alpha value is -2.24. The van der Waals surface area contributed by atoms with Gasteiger partial charge in [-0.15, -0.1) is 0 Å². The first kappa shape index (κ1) is 15.2. The van der Waals surface area contributed by atoms with Crippen LogP contribution in [-0.2, 0) is 0 Å². The summed E-state index contributed by atoms with van der Waals surface area (Å²) in [5.41, 5.74) is 0.0480. The molecule has 112 valence electrons. The van der Waals surface area contributed by atoms with E-state index in [1.807, 2.05) is 11.0 Å². The van der Waals surface area contributed by atoms with E-state index in [9.17, 15) is 15.4 Å². The molecule has 8 nitrogen and oxygen atoms in total. The Morgan fingerprint density at radius 3 is 2.90 bits per heavy atom. The lowest BCUT2D eigenvalue weighted by atomic mass is 10.2. The van der Waals surface area contributed by atoms with Gasteiger partial charge in [-0.2, -0.15) is 5.26 Å². The molecule has 2 heterocycles. The zero-order chi connectivity index (χ0) is 15.2. The van der Waals surface area contributed by atoms with E-state index >= 15 is 0 Å². The van der Waals surface area contributed by atoms with Crippen molar-refractivity contribution >= 4 is 11.5 Å². The van der Waals surface area contributed by atoms with Gasteiger partial charge in [0.2, 0.25) is 0 Å². The van der Waals surface area contributed by atoms with E-state index in [0.717, 1.165) is 26.1 Å². The quantitative estimate of drug-likeness (QED) is 0.630. The third kappa shape index (κ3) is 3.65. The van der Waals surface area contributed by atoms with Crippen LogP contribution in [0.5, 0.6) is 0 Å². The molecule has 1 aliphatic rings. The standard InChI is InChI=1S/C13H17N5O3/c14-9-11-8-12(18(20)21)10-15-13(11)17-3-1-2-16(4-5-17)6-7-19/h8,10,19H,1-7H2. The molecule has 2 rings (SSSR count). The molecule has 0 aromatic carbocycles. The van der Waals surface area contributed by atoms with Gasteiger partial charge >= 0.3 is 0 Å². The highest BCUT2D eigenvalue weighted by Gasteiger charge is 2.20. The van der Waals surface area contributed by atoms with Crippen molar-refractivity contribution < 1.29 is 10.0 Å². The molecule has 0 spiro atoms. The molecule has 0 saturated carbocycles. The van der Waals surface area contributed by atoms with Crippen LogP contribution in [0.1, 0.15) is 12.0 Å². The van der Waals surface area contributed by atoms with Crippen molar-refractivity contribution in [1.82, 2.24) is 9.88 Å². The van der Waals surface area contributed by atoms with Crippen molar-refractivity contribution in [3.63, 3.8) is 0 Å². The van der Waals surface area contributed by atoms with Gasteiger partial charge < -0.3 is 10.0 Å². The number of nitriles is 1. The maximum Gasteiger partial charge on any atom is 0.289 e. The number of rotatable bonds is 4. The summed E-state index contributed by atoms with van der Waals surface area (Å²) in [6.07, 6.45) is 2.08. The first-order valence-corrected chi connectivity index (χ1v) is 6.78. The molecule has 0 unspecified atom stereocenters. The van der Waals surface area contributed by atoms with E-state index in [0.29, 0.717) is 18.9 Å². The molecule has 21 heavy (non-hydrogen) atoms. The minimum absolute atomic E-state index is 0.124. The molecule has 8 heteroatoms. The largest absolute Gasteiger partial charge is 0.395 e. The van der Waals surface area contributed by atoms with E-state index in [1.54, 1.807) is 0 Å². The number of aromatic nitrogens is 1. The summed E-state index contributed by atoms with van der Waals surface area (Å²) < 4.78 is 0. The lowest BCUT2D eigenvalue weighted by molar-refractivity contribution is -0.385. The maximum absolute atomic E-state index is 10.7. The first-order valence-electron chi connectivity index (χ1n) is 6.78. The van der Waals surface area contributed by atoms with Gasteiger partial charge in [0.15, 0.2) is 0 Å². The van der Waals surface area contributed by atoms with Crippen LogP contribution in [-0.4, -0.2) is 59.2 Å². The van der Waals surface area contributed by atoms with Crippen molar-refractivity contribution in [3.8, 4) is 6.07 Å². The van der Waals surface area contributed by atoms with E-state index < -0.39 is 4.92 Å². The number of hydrogen-bond acceptors (Lipinski definition) is 7. The zero-order valence-corrected chi connectivity index (χ0v) is 11.6. The summed E-state index contributed by atoms with van der Waals surface area (Å²) in [7, 11) is 0. The van der Waals surface area contributed by atoms with Crippen LogP contribution in [0.25, 0.3) is 0 Å². The molecule has 0 amide bonds. The highest BCUT2D eigenvalue weighted by molar-refractivity contribution is 5.57. The molecule has 1 saturated heterocycles. The van der Waals surface area contributed by atoms with Gasteiger partial charge in [-0.05, 0) is 13.0 Å². The van der Waals surface area contributed by atoms with Gasteiger partial charge in [0.25, 0.3) is 5.69 Å². The second-order valence-corrected chi connectivity index (χ2v) is 4.84. The van der Waals surface area contributed by atoms with Crippen LogP contribution in [0.15, 0.2) is 12.3 Å². The van der Waals surface area contributed by atoms with E-state index in [1.165, 1.54) is 12.3 Å². The Morgan fingerprint density at radius 2 is 2.24 bits per heavy atom. The van der Waals surface area contributed by atoms with Crippen molar-refractivity contribution in [2.24, 2.45) is 0 Å². The average molecular weight is 291 g/mol. The molecule has 0 bridgehead atoms. The zero-order valence-electron chi connectivity index (χ0n) is 11.6. The number of β-amino-alcohol motifs (C(OH)–C–C–N with tert-alkyl or cyclic N) is 1. The van der Waals surface area contributed by atoms with Gasteiger partial charge in [-0.3, -0.25) is 15.0 Å². The van der Waals surface area contributed by atoms with E-state index in [4.69, 9.17) is 5.11 Å². The highest BCUT2D eigenvalue weighted by Crippen LogP contribution is 2.22. The number of aliphatic hydroxyl groups is 1. The Balaban J connectivity index is 2.18. The summed E-state index contributed by atoms with van der Waals surface area (Å²) in [4.78, 5) is 18.4. The van der Waals surface area contributed by atoms with Gasteiger partial charge in [-0.1, -0.05) is 0 Å². The van der Waals surface area contributed by atoms with E-state index in [-0.39, 0.29) is 17.9 Å². The Bertz CT molecular complexity index is 557. The molecule has 0 radical (unpaired) electrons. The van der Waals surface area contributed by atoms with Gasteiger partial charge in [0, 0.05) is 32.2 Å². The average Bonchev–Trinajstić information content (AvgIpc) is 2.72. The van der Waals surface area contributed by atoms with Crippen LogP contribution in [0.2, 0.25) is 0 Å². The predicted octanol–water partition coefficient (Wildman–Crippen LogP) is 0.366. The fraction of sp³-hybridized carbons (Fsp3) is 0.538. The maximum atomic E-state index is 10.7. The van der Waals surface area contributed by atoms with Crippen LogP contribution in [0, 0.1) is 21.4 Å². The van der Waals surface area contributed by atoms with Crippen molar-refractivity contribution in [2.75, 3.05) is 44.2 Å². The first-order chi connectivity index (χ1) is 10.2. The topological polar surface area (TPSA) is 107 Å². The fourth-order valence-electron chi connectivity index (χ4n) is 2.43. The number of pyridine rings is 1. The second-order valence-electron chi connectivity index (χ2n) is 4.84. The summed E-state index contributed by atoms with van der Waals surface area (Å²) >= 11 is 0. The third-order valence-electron chi connectivity index (χ3n) is 3.49. The summed E-state index contributed by atoms with van der Waals surface area (Å²) in [6, 6.07) is 3.25. The Kier molecular flexibility index (Phi) is 5.03. The molecule has 1 fully saturated rings. The minimum Gasteiger partial charge on any atom is -0.395 e. The third-order valence-corrected chi connectivity index (χ3v) is 3.49. The molecule has 1 aromatic rings. The molecule has 0 aliphatic carbocycles. The van der Waals surface area contributed by atoms with Crippen molar-refractivity contribution in [1.29, 1.82) is 5.26 Å². The highest BCUT2D eigenvalue weighted by atomic mass is 16.6. The Morgan fingerprint density at radius 1 is 1.43 bits per heavy atom. The molecule has 0 atom stereocenters. The van der Waals surface area contributed by atoms with E-state index in [2.05, 4.69) is 9.88 Å². The SMILES string of the molecule is N#Cc1cc([N+](=O)[O-])cnc1N1CCCN(CCO)CC1. The van der Waals surface area contributed by atoms with Crippen molar-refractivity contribution in [2.45, 2.75) is 6.42 Å². The summed E-state index contributed by atoms with van der Waals surface area (Å²) in [5, 5.41) is 28.9. The normalized spacial score (nSPS) is 16.3. The van der Waals surface area contributed by atoms with Gasteiger partial charge in [0.05, 0.1) is 11.5 Å². The molecule has 1 aliphatic heterocycles. The summed E-state index contributed by atoms with van der Waals surface area (Å²) in [6.45, 7) is 3.82. The molecule has 1 aromatic heterocycles. The van der Waals surface area contributed by atoms with Gasteiger partial charge in [0.1, 0.15) is 23.6 Å². The predicted molar refractivity (Wildman–Crippen MR) is 76.0 cm³/mol. The van der Waals surface area contributed by atoms with Crippen LogP contribution < -0.4 is 4.90 Å². The Labute approximate surface area is 122 Å². The molecular formula is C13H17N5O3. The summed E-state index contributed by atoms with van der Waals surface area (Å²) in [5.74, 6) is 0.494. The van der Waals surface area contributed by atoms with Crippen LogP contribution >= 0.6 is 0 Å². The molecular weight excluding hydrogens is 274 g/mol. The number of nitro groups is 1. The van der Waals surface area contributed by atoms with Crippen LogP contribution in [0.3, 0.4) is 0 Å². The monoisotopic (exact) mass is 291 g/mol. The number of hydrogen-bond donors (Lipinski definition) is 1.